The lowest BCUT2D eigenvalue weighted by molar-refractivity contribution is -0.383. The molecule has 0 unspecified atom stereocenters. The van der Waals surface area contributed by atoms with Crippen LogP contribution in [0, 0.1) is 16.0 Å². The van der Waals surface area contributed by atoms with E-state index in [1.807, 2.05) is 11.9 Å². The van der Waals surface area contributed by atoms with Gasteiger partial charge in [0.2, 0.25) is 0 Å². The second-order valence-electron chi connectivity index (χ2n) is 5.01. The Labute approximate surface area is 117 Å². The SMILES string of the molecule is CN(CC1CCOCC1)c1cccc(NN)c1[N+](=O)[O-]. The van der Waals surface area contributed by atoms with Crippen molar-refractivity contribution in [1.82, 2.24) is 0 Å². The molecule has 0 amide bonds. The van der Waals surface area contributed by atoms with Gasteiger partial charge in [0, 0.05) is 26.8 Å². The van der Waals surface area contributed by atoms with Gasteiger partial charge in [-0.2, -0.15) is 0 Å². The minimum absolute atomic E-state index is 0.0181. The Balaban J connectivity index is 2.19. The van der Waals surface area contributed by atoms with Crippen LogP contribution in [0.25, 0.3) is 0 Å². The van der Waals surface area contributed by atoms with Crippen molar-refractivity contribution in [3.63, 3.8) is 0 Å². The zero-order valence-corrected chi connectivity index (χ0v) is 11.5. The number of hydrogen-bond donors (Lipinski definition) is 2. The molecule has 1 aliphatic heterocycles. The first kappa shape index (κ1) is 14.5. The highest BCUT2D eigenvalue weighted by atomic mass is 16.6. The summed E-state index contributed by atoms with van der Waals surface area (Å²) in [5, 5.41) is 11.3. The van der Waals surface area contributed by atoms with Crippen LogP contribution >= 0.6 is 0 Å². The predicted molar refractivity (Wildman–Crippen MR) is 77.7 cm³/mol. The molecule has 1 heterocycles. The summed E-state index contributed by atoms with van der Waals surface area (Å²) in [7, 11) is 1.87. The van der Waals surface area contributed by atoms with E-state index in [9.17, 15) is 10.1 Å². The Kier molecular flexibility index (Phi) is 4.75. The smallest absolute Gasteiger partial charge is 0.316 e. The summed E-state index contributed by atoms with van der Waals surface area (Å²) in [6, 6.07) is 5.11. The van der Waals surface area contributed by atoms with Crippen LogP contribution in [-0.4, -0.2) is 31.7 Å². The first-order chi connectivity index (χ1) is 9.63. The van der Waals surface area contributed by atoms with Gasteiger partial charge in [0.15, 0.2) is 0 Å². The number of ether oxygens (including phenoxy) is 1. The molecule has 0 aliphatic carbocycles. The molecule has 110 valence electrons. The Morgan fingerprint density at radius 2 is 2.20 bits per heavy atom. The highest BCUT2D eigenvalue weighted by Gasteiger charge is 2.24. The number of nitrogens with zero attached hydrogens (tertiary/aromatic N) is 2. The third kappa shape index (κ3) is 3.17. The number of hydrazine groups is 1. The highest BCUT2D eigenvalue weighted by molar-refractivity contribution is 5.76. The average molecular weight is 280 g/mol. The molecule has 1 aromatic carbocycles. The van der Waals surface area contributed by atoms with Crippen LogP contribution < -0.4 is 16.2 Å². The summed E-state index contributed by atoms with van der Waals surface area (Å²) in [6.07, 6.45) is 1.99. The average Bonchev–Trinajstić information content (AvgIpc) is 2.47. The standard InChI is InChI=1S/C13H20N4O3/c1-16(9-10-5-7-20-8-6-10)12-4-2-3-11(15-14)13(12)17(18)19/h2-4,10,15H,5-9,14H2,1H3. The van der Waals surface area contributed by atoms with Gasteiger partial charge in [0.05, 0.1) is 4.92 Å². The van der Waals surface area contributed by atoms with Crippen molar-refractivity contribution in [2.24, 2.45) is 11.8 Å². The van der Waals surface area contributed by atoms with E-state index in [1.165, 1.54) is 0 Å². The monoisotopic (exact) mass is 280 g/mol. The van der Waals surface area contributed by atoms with Gasteiger partial charge in [-0.1, -0.05) is 6.07 Å². The van der Waals surface area contributed by atoms with Crippen LogP contribution in [0.1, 0.15) is 12.8 Å². The maximum absolute atomic E-state index is 11.3. The molecule has 3 N–H and O–H groups in total. The van der Waals surface area contributed by atoms with E-state index in [1.54, 1.807) is 18.2 Å². The molecule has 2 rings (SSSR count). The van der Waals surface area contributed by atoms with Crippen molar-refractivity contribution in [1.29, 1.82) is 0 Å². The number of benzene rings is 1. The van der Waals surface area contributed by atoms with E-state index in [0.717, 1.165) is 32.6 Å². The number of nitrogen functional groups attached to an aromatic ring is 1. The summed E-state index contributed by atoms with van der Waals surface area (Å²) in [6.45, 7) is 2.31. The fourth-order valence-electron chi connectivity index (χ4n) is 2.56. The van der Waals surface area contributed by atoms with E-state index in [4.69, 9.17) is 10.6 Å². The summed E-state index contributed by atoms with van der Waals surface area (Å²) < 4.78 is 5.33. The number of rotatable bonds is 5. The number of nitro benzene ring substituents is 1. The van der Waals surface area contributed by atoms with Crippen molar-refractivity contribution < 1.29 is 9.66 Å². The molecule has 7 heteroatoms. The number of anilines is 2. The van der Waals surface area contributed by atoms with E-state index < -0.39 is 4.92 Å². The molecule has 1 aromatic rings. The van der Waals surface area contributed by atoms with Crippen molar-refractivity contribution in [2.75, 3.05) is 37.1 Å². The van der Waals surface area contributed by atoms with Crippen LogP contribution in [0.2, 0.25) is 0 Å². The number of nitro groups is 1. The fourth-order valence-corrected chi connectivity index (χ4v) is 2.56. The Morgan fingerprint density at radius 1 is 1.50 bits per heavy atom. The quantitative estimate of drug-likeness (QED) is 0.485. The largest absolute Gasteiger partial charge is 0.381 e. The maximum atomic E-state index is 11.3. The highest BCUT2D eigenvalue weighted by Crippen LogP contribution is 2.35. The van der Waals surface area contributed by atoms with E-state index >= 15 is 0 Å². The van der Waals surface area contributed by atoms with Gasteiger partial charge >= 0.3 is 5.69 Å². The van der Waals surface area contributed by atoms with Crippen LogP contribution in [0.15, 0.2) is 18.2 Å². The van der Waals surface area contributed by atoms with Crippen molar-refractivity contribution in [3.05, 3.63) is 28.3 Å². The van der Waals surface area contributed by atoms with Crippen LogP contribution in [0.3, 0.4) is 0 Å². The Morgan fingerprint density at radius 3 is 2.80 bits per heavy atom. The number of nitrogens with two attached hydrogens (primary N) is 1. The summed E-state index contributed by atoms with van der Waals surface area (Å²) >= 11 is 0. The molecule has 1 fully saturated rings. The fraction of sp³-hybridized carbons (Fsp3) is 0.538. The van der Waals surface area contributed by atoms with Crippen LogP contribution in [0.5, 0.6) is 0 Å². The molecule has 0 bridgehead atoms. The first-order valence-electron chi connectivity index (χ1n) is 6.66. The van der Waals surface area contributed by atoms with Gasteiger partial charge in [-0.25, -0.2) is 0 Å². The second kappa shape index (κ2) is 6.53. The second-order valence-corrected chi connectivity index (χ2v) is 5.01. The summed E-state index contributed by atoms with van der Waals surface area (Å²) in [5.74, 6) is 5.85. The lowest BCUT2D eigenvalue weighted by Crippen LogP contribution is -2.30. The summed E-state index contributed by atoms with van der Waals surface area (Å²) in [4.78, 5) is 12.8. The molecule has 0 spiro atoms. The zero-order valence-electron chi connectivity index (χ0n) is 11.5. The first-order valence-corrected chi connectivity index (χ1v) is 6.66. The minimum Gasteiger partial charge on any atom is -0.381 e. The molecule has 0 atom stereocenters. The van der Waals surface area contributed by atoms with Crippen LogP contribution in [-0.2, 0) is 4.74 Å². The van der Waals surface area contributed by atoms with E-state index in [-0.39, 0.29) is 5.69 Å². The van der Waals surface area contributed by atoms with Crippen molar-refractivity contribution in [3.8, 4) is 0 Å². The lowest BCUT2D eigenvalue weighted by atomic mass is 9.99. The lowest BCUT2D eigenvalue weighted by Gasteiger charge is -2.28. The predicted octanol–water partition coefficient (Wildman–Crippen LogP) is 1.74. The number of para-hydroxylation sites is 1. The molecule has 1 aliphatic rings. The third-order valence-corrected chi connectivity index (χ3v) is 3.64. The molecule has 0 aromatic heterocycles. The van der Waals surface area contributed by atoms with Gasteiger partial charge in [-0.3, -0.25) is 16.0 Å². The molecule has 1 saturated heterocycles. The van der Waals surface area contributed by atoms with Gasteiger partial charge in [0.25, 0.3) is 0 Å². The molecule has 0 radical (unpaired) electrons. The topological polar surface area (TPSA) is 93.7 Å². The van der Waals surface area contributed by atoms with Gasteiger partial charge in [0.1, 0.15) is 11.4 Å². The normalized spacial score (nSPS) is 15.9. The van der Waals surface area contributed by atoms with Gasteiger partial charge in [-0.05, 0) is 30.9 Å². The van der Waals surface area contributed by atoms with Crippen molar-refractivity contribution in [2.45, 2.75) is 12.8 Å². The minimum atomic E-state index is -0.398. The Bertz CT molecular complexity index is 475. The van der Waals surface area contributed by atoms with Crippen LogP contribution in [0.4, 0.5) is 17.1 Å². The van der Waals surface area contributed by atoms with Crippen molar-refractivity contribution >= 4 is 17.1 Å². The summed E-state index contributed by atoms with van der Waals surface area (Å²) in [5.41, 5.74) is 3.31. The third-order valence-electron chi connectivity index (χ3n) is 3.64. The number of hydrogen-bond acceptors (Lipinski definition) is 6. The maximum Gasteiger partial charge on any atom is 0.316 e. The molecule has 20 heavy (non-hydrogen) atoms. The molecular weight excluding hydrogens is 260 g/mol. The van der Waals surface area contributed by atoms with Gasteiger partial charge < -0.3 is 15.1 Å². The zero-order chi connectivity index (χ0) is 14.5. The van der Waals surface area contributed by atoms with Gasteiger partial charge in [-0.15, -0.1) is 0 Å². The molecular formula is C13H20N4O3. The molecule has 0 saturated carbocycles. The molecule has 7 nitrogen and oxygen atoms in total. The Hall–Kier alpha value is -1.86. The number of nitrogens with one attached hydrogen (secondary N) is 1. The van der Waals surface area contributed by atoms with E-state index in [0.29, 0.717) is 17.3 Å². The van der Waals surface area contributed by atoms with E-state index in [2.05, 4.69) is 5.43 Å².